The second-order valence-electron chi connectivity index (χ2n) is 4.01. The first-order valence-corrected chi connectivity index (χ1v) is 6.67. The van der Waals surface area contributed by atoms with Crippen LogP contribution in [0.1, 0.15) is 18.8 Å². The summed E-state index contributed by atoms with van der Waals surface area (Å²) in [4.78, 5) is 4.48. The average Bonchev–Trinajstić information content (AvgIpc) is 2.93. The number of thiazole rings is 1. The van der Waals surface area contributed by atoms with Gasteiger partial charge in [0.25, 0.3) is 0 Å². The van der Waals surface area contributed by atoms with Crippen LogP contribution in [0.5, 0.6) is 0 Å². The third-order valence-electron chi connectivity index (χ3n) is 2.60. The number of fused-ring (bicyclic) bond motifs is 1. The van der Waals surface area contributed by atoms with E-state index in [1.807, 2.05) is 24.3 Å². The molecule has 5 heteroatoms. The van der Waals surface area contributed by atoms with E-state index < -0.39 is 6.10 Å². The minimum absolute atomic E-state index is 0.544. The van der Waals surface area contributed by atoms with Crippen molar-refractivity contribution >= 4 is 33.2 Å². The zero-order valence-corrected chi connectivity index (χ0v) is 11.1. The largest absolute Gasteiger partial charge is 0.456 e. The molecule has 0 aliphatic rings. The van der Waals surface area contributed by atoms with Crippen LogP contribution in [0.3, 0.4) is 0 Å². The highest BCUT2D eigenvalue weighted by Crippen LogP contribution is 2.33. The maximum atomic E-state index is 9.43. The summed E-state index contributed by atoms with van der Waals surface area (Å²) in [6.45, 7) is 1.67. The van der Waals surface area contributed by atoms with Gasteiger partial charge in [-0.3, -0.25) is 0 Å². The van der Waals surface area contributed by atoms with E-state index in [0.717, 1.165) is 15.2 Å². The maximum Gasteiger partial charge on any atom is 0.163 e. The predicted molar refractivity (Wildman–Crippen MR) is 73.0 cm³/mol. The van der Waals surface area contributed by atoms with Gasteiger partial charge in [0.05, 0.1) is 10.2 Å². The number of aliphatic hydroxyl groups excluding tert-OH is 1. The lowest BCUT2D eigenvalue weighted by molar-refractivity contribution is 0.170. The van der Waals surface area contributed by atoms with Crippen molar-refractivity contribution in [3.05, 3.63) is 41.1 Å². The highest BCUT2D eigenvalue weighted by molar-refractivity contribution is 7.21. The maximum absolute atomic E-state index is 9.43. The summed E-state index contributed by atoms with van der Waals surface area (Å²) < 4.78 is 6.58. The predicted octanol–water partition coefficient (Wildman–Crippen LogP) is 4.26. The molecule has 92 valence electrons. The fraction of sp³-hybridized carbons (Fsp3) is 0.154. The Labute approximate surface area is 113 Å². The molecule has 0 radical (unpaired) electrons. The standard InChI is InChI=1S/C13H10ClNO2S/c1-7(16)10-4-5-11(17-10)13-15-9-3-2-8(14)6-12(9)18-13/h2-7,16H,1H3/t7-/m1/s1. The first-order valence-electron chi connectivity index (χ1n) is 5.48. The summed E-state index contributed by atoms with van der Waals surface area (Å²) in [6.07, 6.45) is -0.609. The van der Waals surface area contributed by atoms with Crippen LogP contribution >= 0.6 is 22.9 Å². The van der Waals surface area contributed by atoms with Gasteiger partial charge in [-0.1, -0.05) is 11.6 Å². The van der Waals surface area contributed by atoms with Gasteiger partial charge in [-0.2, -0.15) is 0 Å². The molecule has 2 heterocycles. The van der Waals surface area contributed by atoms with Gasteiger partial charge in [0.15, 0.2) is 10.8 Å². The molecule has 18 heavy (non-hydrogen) atoms. The normalized spacial score (nSPS) is 13.1. The summed E-state index contributed by atoms with van der Waals surface area (Å²) in [7, 11) is 0. The molecule has 3 aromatic rings. The van der Waals surface area contributed by atoms with Crippen molar-refractivity contribution in [3.8, 4) is 10.8 Å². The molecular formula is C13H10ClNO2S. The van der Waals surface area contributed by atoms with E-state index >= 15 is 0 Å². The fourth-order valence-corrected chi connectivity index (χ4v) is 2.90. The Morgan fingerprint density at radius 1 is 1.33 bits per heavy atom. The number of nitrogens with zero attached hydrogens (tertiary/aromatic N) is 1. The highest BCUT2D eigenvalue weighted by atomic mass is 35.5. The van der Waals surface area contributed by atoms with Crippen LogP contribution in [0.4, 0.5) is 0 Å². The number of rotatable bonds is 2. The lowest BCUT2D eigenvalue weighted by atomic mass is 10.3. The molecular weight excluding hydrogens is 270 g/mol. The van der Waals surface area contributed by atoms with Crippen molar-refractivity contribution in [3.63, 3.8) is 0 Å². The molecule has 0 aliphatic carbocycles. The topological polar surface area (TPSA) is 46.3 Å². The number of aliphatic hydroxyl groups is 1. The van der Waals surface area contributed by atoms with E-state index in [0.29, 0.717) is 16.5 Å². The van der Waals surface area contributed by atoms with Crippen LogP contribution in [0.2, 0.25) is 5.02 Å². The second-order valence-corrected chi connectivity index (χ2v) is 5.48. The van der Waals surface area contributed by atoms with Gasteiger partial charge < -0.3 is 9.52 Å². The molecule has 0 fully saturated rings. The Balaban J connectivity index is 2.07. The monoisotopic (exact) mass is 279 g/mol. The van der Waals surface area contributed by atoms with Gasteiger partial charge in [0.2, 0.25) is 0 Å². The van der Waals surface area contributed by atoms with E-state index in [1.165, 1.54) is 11.3 Å². The molecule has 0 bridgehead atoms. The molecule has 0 spiro atoms. The third kappa shape index (κ3) is 2.03. The summed E-state index contributed by atoms with van der Waals surface area (Å²) in [6, 6.07) is 9.17. The van der Waals surface area contributed by atoms with E-state index in [9.17, 15) is 5.11 Å². The number of aromatic nitrogens is 1. The van der Waals surface area contributed by atoms with Crippen LogP contribution in [0, 0.1) is 0 Å². The van der Waals surface area contributed by atoms with Crippen LogP contribution in [-0.2, 0) is 0 Å². The molecule has 0 saturated heterocycles. The van der Waals surface area contributed by atoms with Gasteiger partial charge in [0.1, 0.15) is 11.9 Å². The molecule has 1 N–H and O–H groups in total. The SMILES string of the molecule is C[C@@H](O)c1ccc(-c2nc3ccc(Cl)cc3s2)o1. The smallest absolute Gasteiger partial charge is 0.163 e. The Morgan fingerprint density at radius 3 is 2.89 bits per heavy atom. The molecule has 2 aromatic heterocycles. The molecule has 3 nitrogen and oxygen atoms in total. The summed E-state index contributed by atoms with van der Waals surface area (Å²) in [5.41, 5.74) is 0.898. The number of furan rings is 1. The quantitative estimate of drug-likeness (QED) is 0.762. The van der Waals surface area contributed by atoms with Crippen molar-refractivity contribution < 1.29 is 9.52 Å². The number of hydrogen-bond acceptors (Lipinski definition) is 4. The first kappa shape index (κ1) is 11.7. The number of hydrogen-bond donors (Lipinski definition) is 1. The van der Waals surface area contributed by atoms with Gasteiger partial charge in [-0.05, 0) is 37.3 Å². The second kappa shape index (κ2) is 4.39. The summed E-state index contributed by atoms with van der Waals surface area (Å²) >= 11 is 7.46. The summed E-state index contributed by atoms with van der Waals surface area (Å²) in [5, 5.41) is 10.9. The fourth-order valence-electron chi connectivity index (χ4n) is 1.70. The van der Waals surface area contributed by atoms with Gasteiger partial charge in [0, 0.05) is 5.02 Å². The third-order valence-corrected chi connectivity index (χ3v) is 3.87. The Hall–Kier alpha value is -1.36. The Morgan fingerprint density at radius 2 is 2.17 bits per heavy atom. The minimum Gasteiger partial charge on any atom is -0.456 e. The Bertz CT molecular complexity index is 702. The summed E-state index contributed by atoms with van der Waals surface area (Å²) in [5.74, 6) is 1.21. The number of benzene rings is 1. The van der Waals surface area contributed by atoms with E-state index in [-0.39, 0.29) is 0 Å². The van der Waals surface area contributed by atoms with Gasteiger partial charge in [-0.25, -0.2) is 4.98 Å². The lowest BCUT2D eigenvalue weighted by Gasteiger charge is -1.96. The highest BCUT2D eigenvalue weighted by Gasteiger charge is 2.12. The molecule has 0 amide bonds. The van der Waals surface area contributed by atoms with Crippen molar-refractivity contribution in [1.82, 2.24) is 4.98 Å². The molecule has 1 aromatic carbocycles. The molecule has 3 rings (SSSR count). The zero-order chi connectivity index (χ0) is 12.7. The molecule has 0 aliphatic heterocycles. The Kier molecular flexibility index (Phi) is 2.86. The first-order chi connectivity index (χ1) is 8.63. The van der Waals surface area contributed by atoms with Crippen molar-refractivity contribution in [2.75, 3.05) is 0 Å². The van der Waals surface area contributed by atoms with E-state index in [2.05, 4.69) is 4.98 Å². The minimum atomic E-state index is -0.609. The van der Waals surface area contributed by atoms with Crippen molar-refractivity contribution in [2.45, 2.75) is 13.0 Å². The van der Waals surface area contributed by atoms with Crippen LogP contribution < -0.4 is 0 Å². The van der Waals surface area contributed by atoms with Crippen LogP contribution in [-0.4, -0.2) is 10.1 Å². The average molecular weight is 280 g/mol. The van der Waals surface area contributed by atoms with E-state index in [4.69, 9.17) is 16.0 Å². The zero-order valence-electron chi connectivity index (χ0n) is 9.55. The van der Waals surface area contributed by atoms with Gasteiger partial charge in [-0.15, -0.1) is 11.3 Å². The molecule has 0 saturated carbocycles. The van der Waals surface area contributed by atoms with E-state index in [1.54, 1.807) is 13.0 Å². The van der Waals surface area contributed by atoms with Crippen molar-refractivity contribution in [2.24, 2.45) is 0 Å². The van der Waals surface area contributed by atoms with Crippen LogP contribution in [0.25, 0.3) is 21.0 Å². The molecule has 0 unspecified atom stereocenters. The van der Waals surface area contributed by atoms with Crippen molar-refractivity contribution in [1.29, 1.82) is 0 Å². The van der Waals surface area contributed by atoms with Crippen LogP contribution in [0.15, 0.2) is 34.7 Å². The number of halogens is 1. The van der Waals surface area contributed by atoms with Gasteiger partial charge >= 0.3 is 0 Å². The lowest BCUT2D eigenvalue weighted by Crippen LogP contribution is -1.85. The molecule has 1 atom stereocenters.